The van der Waals surface area contributed by atoms with Gasteiger partial charge in [-0.3, -0.25) is 0 Å². The third-order valence-electron chi connectivity index (χ3n) is 9.73. The molecule has 0 saturated heterocycles. The van der Waals surface area contributed by atoms with E-state index in [1.54, 1.807) is 0 Å². The molecule has 2 aromatic heterocycles. The van der Waals surface area contributed by atoms with Crippen LogP contribution in [0.4, 0.5) is 0 Å². The number of aromatic nitrogens is 2. The van der Waals surface area contributed by atoms with Gasteiger partial charge in [0.05, 0.1) is 45.3 Å². The minimum Gasteiger partial charge on any atom is -0.309 e. The predicted octanol–water partition coefficient (Wildman–Crippen LogP) is 9.93. The summed E-state index contributed by atoms with van der Waals surface area (Å²) in [6, 6.07) is 46.9. The second-order valence-corrected chi connectivity index (χ2v) is 12.5. The van der Waals surface area contributed by atoms with Gasteiger partial charge in [0.15, 0.2) is 0 Å². The van der Waals surface area contributed by atoms with E-state index in [0.717, 1.165) is 44.2 Å². The quantitative estimate of drug-likeness (QED) is 0.206. The van der Waals surface area contributed by atoms with Crippen LogP contribution in [0.1, 0.15) is 36.1 Å². The van der Waals surface area contributed by atoms with E-state index >= 15 is 0 Å². The fourth-order valence-corrected chi connectivity index (χ4v) is 7.77. The Morgan fingerprint density at radius 3 is 1.87 bits per heavy atom. The molecule has 0 unspecified atom stereocenters. The molecular formula is C41H26N4. The molecule has 4 nitrogen and oxygen atoms in total. The van der Waals surface area contributed by atoms with Gasteiger partial charge >= 0.3 is 0 Å². The van der Waals surface area contributed by atoms with Gasteiger partial charge in [0.2, 0.25) is 0 Å². The maximum atomic E-state index is 10.3. The van der Waals surface area contributed by atoms with Crippen molar-refractivity contribution < 1.29 is 0 Å². The van der Waals surface area contributed by atoms with E-state index in [2.05, 4.69) is 114 Å². The van der Waals surface area contributed by atoms with Crippen LogP contribution in [-0.2, 0) is 5.41 Å². The zero-order valence-electron chi connectivity index (χ0n) is 24.8. The molecule has 8 aromatic rings. The van der Waals surface area contributed by atoms with Crippen molar-refractivity contribution in [1.29, 1.82) is 10.5 Å². The van der Waals surface area contributed by atoms with Crippen LogP contribution in [-0.4, -0.2) is 9.13 Å². The number of para-hydroxylation sites is 2. The van der Waals surface area contributed by atoms with Crippen molar-refractivity contribution in [3.8, 4) is 34.6 Å². The summed E-state index contributed by atoms with van der Waals surface area (Å²) in [5.41, 5.74) is 12.5. The lowest BCUT2D eigenvalue weighted by molar-refractivity contribution is 0.661. The molecule has 1 aliphatic rings. The average molecular weight is 575 g/mol. The lowest BCUT2D eigenvalue weighted by atomic mass is 9.82. The zero-order valence-corrected chi connectivity index (χ0v) is 24.8. The molecule has 0 N–H and O–H groups in total. The smallest absolute Gasteiger partial charge is 0.0993 e. The van der Waals surface area contributed by atoms with Crippen LogP contribution in [0.2, 0.25) is 0 Å². The fourth-order valence-electron chi connectivity index (χ4n) is 7.77. The Labute approximate surface area is 260 Å². The minimum absolute atomic E-state index is 0.0981. The summed E-state index contributed by atoms with van der Waals surface area (Å²) in [5.74, 6) is 0. The number of rotatable bonds is 2. The number of hydrogen-bond donors (Lipinski definition) is 0. The number of nitrogens with zero attached hydrogens (tertiary/aromatic N) is 4. The number of hydrogen-bond acceptors (Lipinski definition) is 2. The molecule has 4 heteroatoms. The second kappa shape index (κ2) is 8.96. The molecule has 0 aliphatic heterocycles. The molecule has 9 rings (SSSR count). The highest BCUT2D eigenvalue weighted by Gasteiger charge is 2.37. The van der Waals surface area contributed by atoms with Crippen LogP contribution >= 0.6 is 0 Å². The lowest BCUT2D eigenvalue weighted by Gasteiger charge is -2.21. The summed E-state index contributed by atoms with van der Waals surface area (Å²) in [6.45, 7) is 4.63. The summed E-state index contributed by atoms with van der Waals surface area (Å²) < 4.78 is 4.52. The van der Waals surface area contributed by atoms with Crippen molar-refractivity contribution in [2.45, 2.75) is 19.3 Å². The summed E-state index contributed by atoms with van der Waals surface area (Å²) >= 11 is 0. The van der Waals surface area contributed by atoms with E-state index in [4.69, 9.17) is 0 Å². The molecule has 0 atom stereocenters. The fraction of sp³-hybridized carbons (Fsp3) is 0.0732. The average Bonchev–Trinajstić information content (AvgIpc) is 3.67. The SMILES string of the molecule is CC1(C)c2ccccc2-c2c1ccc1c2c2ccccc2n1-c1cc(C#N)cc(-n2c3ccccc3c3cc(C#N)ccc32)c1. The molecule has 1 aliphatic carbocycles. The molecule has 210 valence electrons. The van der Waals surface area contributed by atoms with Crippen LogP contribution in [0.5, 0.6) is 0 Å². The van der Waals surface area contributed by atoms with E-state index in [-0.39, 0.29) is 5.41 Å². The maximum Gasteiger partial charge on any atom is 0.0993 e. The summed E-state index contributed by atoms with van der Waals surface area (Å²) in [6.07, 6.45) is 0. The second-order valence-electron chi connectivity index (χ2n) is 12.5. The van der Waals surface area contributed by atoms with Gasteiger partial charge in [-0.2, -0.15) is 10.5 Å². The number of benzene rings is 6. The van der Waals surface area contributed by atoms with E-state index < -0.39 is 0 Å². The van der Waals surface area contributed by atoms with E-state index in [9.17, 15) is 10.5 Å². The van der Waals surface area contributed by atoms with E-state index in [1.807, 2.05) is 42.5 Å². The Kier molecular flexibility index (Phi) is 5.06. The highest BCUT2D eigenvalue weighted by atomic mass is 15.0. The Bertz CT molecular complexity index is 2650. The molecule has 0 bridgehead atoms. The summed E-state index contributed by atoms with van der Waals surface area (Å²) in [4.78, 5) is 0. The van der Waals surface area contributed by atoms with E-state index in [1.165, 1.54) is 33.0 Å². The third-order valence-corrected chi connectivity index (χ3v) is 9.73. The molecule has 0 fully saturated rings. The van der Waals surface area contributed by atoms with Gasteiger partial charge in [-0.05, 0) is 76.9 Å². The molecule has 0 radical (unpaired) electrons. The van der Waals surface area contributed by atoms with Crippen LogP contribution in [0.15, 0.2) is 121 Å². The predicted molar refractivity (Wildman–Crippen MR) is 182 cm³/mol. The van der Waals surface area contributed by atoms with Gasteiger partial charge in [-0.1, -0.05) is 80.6 Å². The Morgan fingerprint density at radius 2 is 1.11 bits per heavy atom. The monoisotopic (exact) mass is 574 g/mol. The Morgan fingerprint density at radius 1 is 0.511 bits per heavy atom. The van der Waals surface area contributed by atoms with Crippen molar-refractivity contribution >= 4 is 43.6 Å². The minimum atomic E-state index is -0.0981. The standard InChI is InChI=1S/C41H26N4/c1-41(2)33-12-6-3-10-30(33)39-34(41)16-18-38-40(39)31-11-5-8-14-36(31)45(38)28-20-26(24-43)19-27(22-28)44-35-13-7-4-9-29(35)32-21-25(23-42)15-17-37(32)44/h3-22H,1-2H3. The van der Waals surface area contributed by atoms with Gasteiger partial charge in [-0.15, -0.1) is 0 Å². The Hall–Kier alpha value is -6.10. The number of fused-ring (bicyclic) bond motifs is 10. The van der Waals surface area contributed by atoms with Crippen molar-refractivity contribution in [3.05, 3.63) is 144 Å². The largest absolute Gasteiger partial charge is 0.309 e. The normalized spacial score (nSPS) is 13.2. The first kappa shape index (κ1) is 25.4. The first-order chi connectivity index (χ1) is 22.0. The van der Waals surface area contributed by atoms with Gasteiger partial charge in [0, 0.05) is 38.3 Å². The van der Waals surface area contributed by atoms with Gasteiger partial charge < -0.3 is 9.13 Å². The van der Waals surface area contributed by atoms with Gasteiger partial charge in [0.25, 0.3) is 0 Å². The summed E-state index contributed by atoms with van der Waals surface area (Å²) in [5, 5.41) is 24.4. The van der Waals surface area contributed by atoms with E-state index in [0.29, 0.717) is 11.1 Å². The Balaban J connectivity index is 1.38. The molecule has 0 spiro atoms. The van der Waals surface area contributed by atoms with Crippen LogP contribution in [0, 0.1) is 22.7 Å². The van der Waals surface area contributed by atoms with Crippen molar-refractivity contribution in [2.75, 3.05) is 0 Å². The van der Waals surface area contributed by atoms with Crippen molar-refractivity contribution in [2.24, 2.45) is 0 Å². The maximum absolute atomic E-state index is 10.3. The molecule has 0 saturated carbocycles. The molecule has 6 aromatic carbocycles. The van der Waals surface area contributed by atoms with Crippen molar-refractivity contribution in [1.82, 2.24) is 9.13 Å². The third kappa shape index (κ3) is 3.34. The molecule has 45 heavy (non-hydrogen) atoms. The first-order valence-electron chi connectivity index (χ1n) is 15.2. The molecule has 0 amide bonds. The molecule has 2 heterocycles. The van der Waals surface area contributed by atoms with Gasteiger partial charge in [0.1, 0.15) is 0 Å². The molecular weight excluding hydrogens is 548 g/mol. The van der Waals surface area contributed by atoms with Crippen molar-refractivity contribution in [3.63, 3.8) is 0 Å². The number of nitriles is 2. The van der Waals surface area contributed by atoms with Crippen LogP contribution in [0.3, 0.4) is 0 Å². The topological polar surface area (TPSA) is 57.4 Å². The first-order valence-corrected chi connectivity index (χ1v) is 15.2. The lowest BCUT2D eigenvalue weighted by Crippen LogP contribution is -2.14. The van der Waals surface area contributed by atoms with Crippen LogP contribution < -0.4 is 0 Å². The zero-order chi connectivity index (χ0) is 30.4. The highest BCUT2D eigenvalue weighted by Crippen LogP contribution is 2.53. The highest BCUT2D eigenvalue weighted by molar-refractivity contribution is 6.18. The summed E-state index contributed by atoms with van der Waals surface area (Å²) in [7, 11) is 0. The van der Waals surface area contributed by atoms with Gasteiger partial charge in [-0.25, -0.2) is 0 Å². The van der Waals surface area contributed by atoms with Crippen LogP contribution in [0.25, 0.3) is 66.1 Å².